The molecule has 0 spiro atoms. The minimum absolute atomic E-state index is 0.215. The smallest absolute Gasteiger partial charge is 0.238 e. The van der Waals surface area contributed by atoms with Crippen LogP contribution < -0.4 is 5.32 Å². The Kier molecular flexibility index (Phi) is 7.01. The molecule has 28 heavy (non-hydrogen) atoms. The normalized spacial score (nSPS) is 18.2. The molecule has 5 nitrogen and oxygen atoms in total. The zero-order chi connectivity index (χ0) is 19.8. The highest BCUT2D eigenvalue weighted by molar-refractivity contribution is 7.92. The SMILES string of the molecule is O=C(NCCc1ccccc1)C1CCCCN1S(=O)(=O)/C=C/c1ccccc1. The van der Waals surface area contributed by atoms with Crippen molar-refractivity contribution in [1.29, 1.82) is 0 Å². The molecule has 0 saturated carbocycles. The van der Waals surface area contributed by atoms with Crippen LogP contribution in [0, 0.1) is 0 Å². The number of hydrogen-bond donors (Lipinski definition) is 1. The molecule has 0 radical (unpaired) electrons. The Morgan fingerprint density at radius 2 is 1.71 bits per heavy atom. The molecule has 1 aliphatic rings. The predicted molar refractivity (Wildman–Crippen MR) is 112 cm³/mol. The summed E-state index contributed by atoms with van der Waals surface area (Å²) in [5.41, 5.74) is 1.95. The number of nitrogens with one attached hydrogen (secondary N) is 1. The van der Waals surface area contributed by atoms with Crippen molar-refractivity contribution < 1.29 is 13.2 Å². The van der Waals surface area contributed by atoms with E-state index in [2.05, 4.69) is 5.32 Å². The Hall–Kier alpha value is -2.44. The molecular formula is C22H26N2O3S. The molecule has 2 aromatic carbocycles. The van der Waals surface area contributed by atoms with Crippen LogP contribution >= 0.6 is 0 Å². The summed E-state index contributed by atoms with van der Waals surface area (Å²) in [6, 6.07) is 18.5. The molecule has 0 aromatic heterocycles. The number of nitrogens with zero attached hydrogens (tertiary/aromatic N) is 1. The number of sulfonamides is 1. The highest BCUT2D eigenvalue weighted by atomic mass is 32.2. The number of hydrogen-bond acceptors (Lipinski definition) is 3. The fourth-order valence-electron chi connectivity index (χ4n) is 3.37. The van der Waals surface area contributed by atoms with Crippen LogP contribution in [0.15, 0.2) is 66.1 Å². The molecule has 1 amide bonds. The summed E-state index contributed by atoms with van der Waals surface area (Å²) in [6.45, 7) is 0.866. The molecule has 1 fully saturated rings. The second-order valence-corrected chi connectivity index (χ2v) is 8.68. The maximum atomic E-state index is 12.8. The van der Waals surface area contributed by atoms with Gasteiger partial charge in [0, 0.05) is 18.5 Å². The van der Waals surface area contributed by atoms with Gasteiger partial charge in [-0.1, -0.05) is 67.1 Å². The molecule has 1 unspecified atom stereocenters. The van der Waals surface area contributed by atoms with E-state index in [1.165, 1.54) is 9.71 Å². The second-order valence-electron chi connectivity index (χ2n) is 6.91. The summed E-state index contributed by atoms with van der Waals surface area (Å²) in [5.74, 6) is -0.215. The third kappa shape index (κ3) is 5.53. The maximum absolute atomic E-state index is 12.8. The maximum Gasteiger partial charge on any atom is 0.238 e. The average Bonchev–Trinajstić information content (AvgIpc) is 2.74. The number of piperidine rings is 1. The first-order valence-electron chi connectivity index (χ1n) is 9.63. The third-order valence-electron chi connectivity index (χ3n) is 4.87. The molecule has 0 aliphatic carbocycles. The van der Waals surface area contributed by atoms with Gasteiger partial charge in [0.2, 0.25) is 15.9 Å². The van der Waals surface area contributed by atoms with Gasteiger partial charge in [0.1, 0.15) is 6.04 Å². The molecule has 148 valence electrons. The summed E-state index contributed by atoms with van der Waals surface area (Å²) in [5, 5.41) is 4.11. The fraction of sp³-hybridized carbons (Fsp3) is 0.318. The van der Waals surface area contributed by atoms with E-state index in [0.29, 0.717) is 19.5 Å². The quantitative estimate of drug-likeness (QED) is 0.779. The zero-order valence-electron chi connectivity index (χ0n) is 15.8. The average molecular weight is 399 g/mol. The van der Waals surface area contributed by atoms with E-state index in [-0.39, 0.29) is 5.91 Å². The van der Waals surface area contributed by atoms with Crippen LogP contribution in [0.3, 0.4) is 0 Å². The van der Waals surface area contributed by atoms with Crippen LogP contribution in [0.4, 0.5) is 0 Å². The number of carbonyl (C=O) groups excluding carboxylic acids is 1. The standard InChI is InChI=1S/C22H26N2O3S/c25-22(23-16-14-19-9-3-1-4-10-19)21-13-7-8-17-24(21)28(26,27)18-15-20-11-5-2-6-12-20/h1-6,9-12,15,18,21H,7-8,13-14,16-17H2,(H,23,25)/b18-15+. The Balaban J connectivity index is 1.63. The van der Waals surface area contributed by atoms with Crippen LogP contribution in [0.25, 0.3) is 6.08 Å². The topological polar surface area (TPSA) is 66.5 Å². The Morgan fingerprint density at radius 1 is 1.04 bits per heavy atom. The molecule has 6 heteroatoms. The molecule has 2 aromatic rings. The van der Waals surface area contributed by atoms with Crippen LogP contribution in [0.2, 0.25) is 0 Å². The minimum Gasteiger partial charge on any atom is -0.354 e. The van der Waals surface area contributed by atoms with Crippen LogP contribution in [0.5, 0.6) is 0 Å². The van der Waals surface area contributed by atoms with Gasteiger partial charge in [0.05, 0.1) is 0 Å². The highest BCUT2D eigenvalue weighted by Gasteiger charge is 2.35. The number of amides is 1. The Bertz CT molecular complexity index is 896. The summed E-state index contributed by atoms with van der Waals surface area (Å²) < 4.78 is 27.0. The number of carbonyl (C=O) groups is 1. The van der Waals surface area contributed by atoms with E-state index in [0.717, 1.165) is 30.4 Å². The van der Waals surface area contributed by atoms with Crippen molar-refractivity contribution in [2.75, 3.05) is 13.1 Å². The summed E-state index contributed by atoms with van der Waals surface area (Å²) >= 11 is 0. The Labute approximate surface area is 167 Å². The summed E-state index contributed by atoms with van der Waals surface area (Å²) in [6.07, 6.45) is 4.47. The number of benzene rings is 2. The van der Waals surface area contributed by atoms with Crippen molar-refractivity contribution >= 4 is 22.0 Å². The van der Waals surface area contributed by atoms with Crippen LogP contribution in [-0.4, -0.2) is 37.8 Å². The van der Waals surface area contributed by atoms with E-state index >= 15 is 0 Å². The third-order valence-corrected chi connectivity index (χ3v) is 6.44. The van der Waals surface area contributed by atoms with Crippen molar-refractivity contribution in [3.8, 4) is 0 Å². The first-order chi connectivity index (χ1) is 13.6. The van der Waals surface area contributed by atoms with Crippen molar-refractivity contribution in [3.63, 3.8) is 0 Å². The summed E-state index contributed by atoms with van der Waals surface area (Å²) in [7, 11) is -3.66. The highest BCUT2D eigenvalue weighted by Crippen LogP contribution is 2.22. The van der Waals surface area contributed by atoms with E-state index in [4.69, 9.17) is 0 Å². The van der Waals surface area contributed by atoms with Crippen molar-refractivity contribution in [2.24, 2.45) is 0 Å². The lowest BCUT2D eigenvalue weighted by molar-refractivity contribution is -0.125. The van der Waals surface area contributed by atoms with Gasteiger partial charge in [0.15, 0.2) is 0 Å². The predicted octanol–water partition coefficient (Wildman–Crippen LogP) is 3.20. The van der Waals surface area contributed by atoms with E-state index in [1.54, 1.807) is 6.08 Å². The monoisotopic (exact) mass is 398 g/mol. The van der Waals surface area contributed by atoms with Gasteiger partial charge in [-0.15, -0.1) is 0 Å². The minimum atomic E-state index is -3.66. The molecule has 1 heterocycles. The van der Waals surface area contributed by atoms with Crippen LogP contribution in [-0.2, 0) is 21.2 Å². The van der Waals surface area contributed by atoms with Gasteiger partial charge >= 0.3 is 0 Å². The van der Waals surface area contributed by atoms with E-state index in [9.17, 15) is 13.2 Å². The lowest BCUT2D eigenvalue weighted by atomic mass is 10.0. The molecule has 3 rings (SSSR count). The van der Waals surface area contributed by atoms with Gasteiger partial charge in [-0.3, -0.25) is 4.79 Å². The second kappa shape index (κ2) is 9.66. The Morgan fingerprint density at radius 3 is 2.43 bits per heavy atom. The van der Waals surface area contributed by atoms with Gasteiger partial charge in [-0.05, 0) is 36.5 Å². The first kappa shape index (κ1) is 20.3. The van der Waals surface area contributed by atoms with Gasteiger partial charge in [-0.2, -0.15) is 4.31 Å². The largest absolute Gasteiger partial charge is 0.354 e. The van der Waals surface area contributed by atoms with Gasteiger partial charge in [0.25, 0.3) is 0 Å². The van der Waals surface area contributed by atoms with E-state index < -0.39 is 16.1 Å². The van der Waals surface area contributed by atoms with E-state index in [1.807, 2.05) is 60.7 Å². The molecule has 0 bridgehead atoms. The first-order valence-corrected chi connectivity index (χ1v) is 11.1. The molecule has 1 atom stereocenters. The zero-order valence-corrected chi connectivity index (χ0v) is 16.6. The molecular weight excluding hydrogens is 372 g/mol. The molecule has 1 N–H and O–H groups in total. The van der Waals surface area contributed by atoms with Gasteiger partial charge in [-0.25, -0.2) is 8.42 Å². The molecule has 1 saturated heterocycles. The summed E-state index contributed by atoms with van der Waals surface area (Å²) in [4.78, 5) is 12.7. The fourth-order valence-corrected chi connectivity index (χ4v) is 4.80. The van der Waals surface area contributed by atoms with Crippen LogP contribution in [0.1, 0.15) is 30.4 Å². The van der Waals surface area contributed by atoms with Gasteiger partial charge < -0.3 is 5.32 Å². The van der Waals surface area contributed by atoms with Crippen molar-refractivity contribution in [3.05, 3.63) is 77.2 Å². The van der Waals surface area contributed by atoms with Crippen molar-refractivity contribution in [2.45, 2.75) is 31.7 Å². The lowest BCUT2D eigenvalue weighted by Crippen LogP contribution is -2.51. The molecule has 1 aliphatic heterocycles. The lowest BCUT2D eigenvalue weighted by Gasteiger charge is -2.32. The van der Waals surface area contributed by atoms with Crippen molar-refractivity contribution in [1.82, 2.24) is 9.62 Å². The number of rotatable bonds is 7.